The third-order valence-electron chi connectivity index (χ3n) is 2.19. The standard InChI is InChI=1S/C10H7N4/c1-2-7(10-4-5-11-13-10)8-6-12-14-9(8)3-1/h1-5H,(H,11,13)(H,12,14). The third-order valence-corrected chi connectivity index (χ3v) is 2.19. The van der Waals surface area contributed by atoms with Gasteiger partial charge in [-0.15, -0.1) is 0 Å². The van der Waals surface area contributed by atoms with Gasteiger partial charge in [0.05, 0.1) is 11.2 Å². The first-order valence-electron chi connectivity index (χ1n) is 4.30. The van der Waals surface area contributed by atoms with E-state index in [9.17, 15) is 0 Å². The van der Waals surface area contributed by atoms with Gasteiger partial charge in [0.25, 0.3) is 0 Å². The van der Waals surface area contributed by atoms with Gasteiger partial charge in [0.15, 0.2) is 0 Å². The van der Waals surface area contributed by atoms with Crippen LogP contribution in [-0.2, 0) is 0 Å². The second kappa shape index (κ2) is 2.70. The molecule has 0 fully saturated rings. The zero-order valence-electron chi connectivity index (χ0n) is 7.28. The van der Waals surface area contributed by atoms with Gasteiger partial charge >= 0.3 is 0 Å². The lowest BCUT2D eigenvalue weighted by molar-refractivity contribution is 1.10. The Morgan fingerprint density at radius 3 is 3.07 bits per heavy atom. The minimum absolute atomic E-state index is 0.910. The molecule has 2 aromatic heterocycles. The highest BCUT2D eigenvalue weighted by atomic mass is 15.1. The molecule has 1 aromatic carbocycles. The van der Waals surface area contributed by atoms with Crippen LogP contribution in [0.15, 0.2) is 30.5 Å². The van der Waals surface area contributed by atoms with Crippen LogP contribution in [0.25, 0.3) is 22.2 Å². The fourth-order valence-electron chi connectivity index (χ4n) is 1.53. The predicted molar refractivity (Wildman–Crippen MR) is 52.5 cm³/mol. The quantitative estimate of drug-likeness (QED) is 0.603. The van der Waals surface area contributed by atoms with Gasteiger partial charge in [0.2, 0.25) is 0 Å². The van der Waals surface area contributed by atoms with Crippen molar-refractivity contribution in [2.45, 2.75) is 0 Å². The Labute approximate surface area is 80.0 Å². The van der Waals surface area contributed by atoms with E-state index in [4.69, 9.17) is 0 Å². The SMILES string of the molecule is [c]1n[nH]c2cccc(-c3cc[nH]n3)c12. The second-order valence-corrected chi connectivity index (χ2v) is 3.02. The van der Waals surface area contributed by atoms with Crippen molar-refractivity contribution in [3.63, 3.8) is 0 Å². The van der Waals surface area contributed by atoms with E-state index in [1.54, 1.807) is 6.20 Å². The summed E-state index contributed by atoms with van der Waals surface area (Å²) in [5.74, 6) is 0. The molecule has 0 atom stereocenters. The number of aromatic amines is 2. The summed E-state index contributed by atoms with van der Waals surface area (Å²) in [5, 5.41) is 14.7. The summed E-state index contributed by atoms with van der Waals surface area (Å²) in [4.78, 5) is 0. The molecular weight excluding hydrogens is 176 g/mol. The summed E-state index contributed by atoms with van der Waals surface area (Å²) < 4.78 is 0. The van der Waals surface area contributed by atoms with Gasteiger partial charge in [-0.25, -0.2) is 0 Å². The monoisotopic (exact) mass is 183 g/mol. The molecule has 1 radical (unpaired) electrons. The summed E-state index contributed by atoms with van der Waals surface area (Å²) in [6, 6.07) is 7.87. The minimum Gasteiger partial charge on any atom is -0.285 e. The zero-order chi connectivity index (χ0) is 9.38. The van der Waals surface area contributed by atoms with E-state index in [2.05, 4.69) is 26.6 Å². The second-order valence-electron chi connectivity index (χ2n) is 3.02. The Hall–Kier alpha value is -2.10. The van der Waals surface area contributed by atoms with Crippen LogP contribution < -0.4 is 0 Å². The minimum atomic E-state index is 0.910. The van der Waals surface area contributed by atoms with Crippen LogP contribution in [0.3, 0.4) is 0 Å². The van der Waals surface area contributed by atoms with Crippen LogP contribution >= 0.6 is 0 Å². The molecule has 0 bridgehead atoms. The number of rotatable bonds is 1. The van der Waals surface area contributed by atoms with Gasteiger partial charge in [0.1, 0.15) is 6.20 Å². The zero-order valence-corrected chi connectivity index (χ0v) is 7.28. The van der Waals surface area contributed by atoms with Gasteiger partial charge in [-0.3, -0.25) is 10.2 Å². The van der Waals surface area contributed by atoms with Crippen LogP contribution in [0.1, 0.15) is 0 Å². The molecular formula is C10H7N4. The lowest BCUT2D eigenvalue weighted by atomic mass is 10.1. The maximum absolute atomic E-state index is 4.13. The van der Waals surface area contributed by atoms with Crippen LogP contribution in [-0.4, -0.2) is 20.4 Å². The maximum atomic E-state index is 4.13. The number of aromatic nitrogens is 4. The maximum Gasteiger partial charge on any atom is 0.122 e. The molecule has 0 saturated carbocycles. The number of hydrogen-bond donors (Lipinski definition) is 2. The van der Waals surface area contributed by atoms with E-state index in [1.165, 1.54) is 0 Å². The van der Waals surface area contributed by atoms with Crippen LogP contribution in [0.5, 0.6) is 0 Å². The Morgan fingerprint density at radius 1 is 1.21 bits per heavy atom. The number of nitrogens with one attached hydrogen (secondary N) is 2. The molecule has 4 heteroatoms. The van der Waals surface area contributed by atoms with Crippen molar-refractivity contribution in [1.82, 2.24) is 20.4 Å². The lowest BCUT2D eigenvalue weighted by Crippen LogP contribution is -1.79. The third kappa shape index (κ3) is 0.939. The highest BCUT2D eigenvalue weighted by Crippen LogP contribution is 2.24. The summed E-state index contributed by atoms with van der Waals surface area (Å²) in [6.45, 7) is 0. The number of benzene rings is 1. The van der Waals surface area contributed by atoms with Crippen molar-refractivity contribution in [2.75, 3.05) is 0 Å². The van der Waals surface area contributed by atoms with Crippen molar-refractivity contribution in [1.29, 1.82) is 0 Å². The average molecular weight is 183 g/mol. The molecule has 0 aliphatic rings. The fourth-order valence-corrected chi connectivity index (χ4v) is 1.53. The molecule has 4 nitrogen and oxygen atoms in total. The molecule has 0 saturated heterocycles. The van der Waals surface area contributed by atoms with E-state index < -0.39 is 0 Å². The van der Waals surface area contributed by atoms with Gasteiger partial charge in [0, 0.05) is 17.1 Å². The number of H-pyrrole nitrogens is 2. The molecule has 0 aliphatic heterocycles. The lowest BCUT2D eigenvalue weighted by Gasteiger charge is -1.96. The largest absolute Gasteiger partial charge is 0.285 e. The normalized spacial score (nSPS) is 10.9. The van der Waals surface area contributed by atoms with Crippen LogP contribution in [0.2, 0.25) is 0 Å². The first kappa shape index (κ1) is 7.32. The molecule has 3 rings (SSSR count). The number of hydrogen-bond acceptors (Lipinski definition) is 2. The molecule has 67 valence electrons. The number of nitrogens with zero attached hydrogens (tertiary/aromatic N) is 2. The summed E-state index contributed by atoms with van der Waals surface area (Å²) in [7, 11) is 0. The molecule has 14 heavy (non-hydrogen) atoms. The molecule has 0 spiro atoms. The molecule has 2 heterocycles. The predicted octanol–water partition coefficient (Wildman–Crippen LogP) is 1.75. The molecule has 3 aromatic rings. The van der Waals surface area contributed by atoms with Gasteiger partial charge in [-0.2, -0.15) is 10.2 Å². The van der Waals surface area contributed by atoms with Gasteiger partial charge in [-0.05, 0) is 12.1 Å². The van der Waals surface area contributed by atoms with Gasteiger partial charge < -0.3 is 0 Å². The molecule has 0 aliphatic carbocycles. The van der Waals surface area contributed by atoms with E-state index in [-0.39, 0.29) is 0 Å². The fraction of sp³-hybridized carbons (Fsp3) is 0. The summed E-state index contributed by atoms with van der Waals surface area (Å²) in [5.41, 5.74) is 2.93. The van der Waals surface area contributed by atoms with Crippen molar-refractivity contribution < 1.29 is 0 Å². The van der Waals surface area contributed by atoms with Crippen LogP contribution in [0.4, 0.5) is 0 Å². The van der Waals surface area contributed by atoms with E-state index >= 15 is 0 Å². The van der Waals surface area contributed by atoms with Crippen LogP contribution in [0, 0.1) is 6.20 Å². The Bertz CT molecular complexity index is 550. The van der Waals surface area contributed by atoms with Crippen molar-refractivity contribution in [3.8, 4) is 11.3 Å². The van der Waals surface area contributed by atoms with Crippen molar-refractivity contribution in [3.05, 3.63) is 36.7 Å². The Balaban J connectivity index is 2.36. The number of fused-ring (bicyclic) bond motifs is 1. The first-order valence-corrected chi connectivity index (χ1v) is 4.30. The van der Waals surface area contributed by atoms with E-state index in [1.807, 2.05) is 24.3 Å². The van der Waals surface area contributed by atoms with Crippen molar-refractivity contribution >= 4 is 10.9 Å². The smallest absolute Gasteiger partial charge is 0.122 e. The highest BCUT2D eigenvalue weighted by molar-refractivity contribution is 5.92. The van der Waals surface area contributed by atoms with E-state index in [0.29, 0.717) is 0 Å². The Kier molecular flexibility index (Phi) is 1.41. The average Bonchev–Trinajstić information content (AvgIpc) is 2.88. The Morgan fingerprint density at radius 2 is 2.21 bits per heavy atom. The van der Waals surface area contributed by atoms with Crippen molar-refractivity contribution in [2.24, 2.45) is 0 Å². The molecule has 0 unspecified atom stereocenters. The highest BCUT2D eigenvalue weighted by Gasteiger charge is 2.06. The first-order chi connectivity index (χ1) is 6.95. The van der Waals surface area contributed by atoms with E-state index in [0.717, 1.165) is 22.2 Å². The molecule has 0 amide bonds. The molecule has 2 N–H and O–H groups in total. The summed E-state index contributed by atoms with van der Waals surface area (Å²) in [6.07, 6.45) is 4.72. The summed E-state index contributed by atoms with van der Waals surface area (Å²) >= 11 is 0. The topological polar surface area (TPSA) is 57.4 Å². The van der Waals surface area contributed by atoms with Gasteiger partial charge in [-0.1, -0.05) is 12.1 Å².